The van der Waals surface area contributed by atoms with Crippen LogP contribution in [0, 0.1) is 0 Å². The highest BCUT2D eigenvalue weighted by atomic mass is 127. The molecule has 0 radical (unpaired) electrons. The van der Waals surface area contributed by atoms with Gasteiger partial charge in [-0.1, -0.05) is 22.6 Å². The van der Waals surface area contributed by atoms with Crippen LogP contribution in [0.15, 0.2) is 0 Å². The van der Waals surface area contributed by atoms with E-state index in [-0.39, 0.29) is 12.2 Å². The van der Waals surface area contributed by atoms with Crippen molar-refractivity contribution in [2.45, 2.75) is 44.2 Å². The van der Waals surface area contributed by atoms with E-state index in [9.17, 15) is 5.11 Å². The fourth-order valence-corrected chi connectivity index (χ4v) is 2.41. The van der Waals surface area contributed by atoms with Crippen molar-refractivity contribution in [1.82, 2.24) is 0 Å². The van der Waals surface area contributed by atoms with E-state index in [1.807, 2.05) is 13.8 Å². The highest BCUT2D eigenvalue weighted by Gasteiger charge is 2.53. The van der Waals surface area contributed by atoms with Gasteiger partial charge in [0.1, 0.15) is 12.2 Å². The molecule has 2 rings (SSSR count). The number of hydrogen-bond acceptors (Lipinski definition) is 4. The van der Waals surface area contributed by atoms with Gasteiger partial charge in [-0.05, 0) is 13.8 Å². The maximum atomic E-state index is 9.76. The summed E-state index contributed by atoms with van der Waals surface area (Å²) in [4.78, 5) is 0. The summed E-state index contributed by atoms with van der Waals surface area (Å²) in [5.74, 6) is -0.632. The topological polar surface area (TPSA) is 47.9 Å². The molecule has 13 heavy (non-hydrogen) atoms. The van der Waals surface area contributed by atoms with Gasteiger partial charge in [-0.3, -0.25) is 0 Å². The van der Waals surface area contributed by atoms with E-state index in [1.165, 1.54) is 0 Å². The molecule has 4 atom stereocenters. The highest BCUT2D eigenvalue weighted by Crippen LogP contribution is 2.37. The third-order valence-electron chi connectivity index (χ3n) is 2.27. The molecule has 76 valence electrons. The zero-order valence-electron chi connectivity index (χ0n) is 7.57. The Hall–Kier alpha value is 0.570. The van der Waals surface area contributed by atoms with Gasteiger partial charge in [0.2, 0.25) is 0 Å². The minimum Gasteiger partial charge on any atom is -0.387 e. The minimum absolute atomic E-state index is 0.160. The van der Waals surface area contributed by atoms with Crippen molar-refractivity contribution in [3.8, 4) is 0 Å². The molecule has 0 spiro atoms. The summed E-state index contributed by atoms with van der Waals surface area (Å²) in [7, 11) is 0. The molecular formula is C8H13IO4. The first-order chi connectivity index (χ1) is 6.03. The highest BCUT2D eigenvalue weighted by molar-refractivity contribution is 14.1. The van der Waals surface area contributed by atoms with Gasteiger partial charge >= 0.3 is 0 Å². The Morgan fingerprint density at radius 1 is 1.38 bits per heavy atom. The van der Waals surface area contributed by atoms with Gasteiger partial charge in [0, 0.05) is 4.43 Å². The molecule has 5 heteroatoms. The predicted molar refractivity (Wildman–Crippen MR) is 53.6 cm³/mol. The van der Waals surface area contributed by atoms with Gasteiger partial charge < -0.3 is 19.3 Å². The van der Waals surface area contributed by atoms with Crippen LogP contribution in [-0.4, -0.2) is 39.9 Å². The lowest BCUT2D eigenvalue weighted by Crippen LogP contribution is -2.35. The van der Waals surface area contributed by atoms with Crippen LogP contribution < -0.4 is 0 Å². The number of halogens is 1. The average molecular weight is 300 g/mol. The largest absolute Gasteiger partial charge is 0.387 e. The van der Waals surface area contributed by atoms with Crippen molar-refractivity contribution in [1.29, 1.82) is 0 Å². The normalized spacial score (nSPS) is 48.0. The zero-order chi connectivity index (χ0) is 9.64. The molecule has 0 aliphatic carbocycles. The molecule has 1 N–H and O–H groups in total. The van der Waals surface area contributed by atoms with E-state index in [0.29, 0.717) is 0 Å². The van der Waals surface area contributed by atoms with Gasteiger partial charge in [-0.15, -0.1) is 0 Å². The Morgan fingerprint density at radius 2 is 2.08 bits per heavy atom. The monoisotopic (exact) mass is 300 g/mol. The van der Waals surface area contributed by atoms with Gasteiger partial charge in [-0.25, -0.2) is 0 Å². The second-order valence-electron chi connectivity index (χ2n) is 3.79. The Labute approximate surface area is 90.7 Å². The van der Waals surface area contributed by atoms with Crippen LogP contribution in [0.1, 0.15) is 13.8 Å². The Bertz CT molecular complexity index is 208. The fraction of sp³-hybridized carbons (Fsp3) is 1.00. The average Bonchev–Trinajstić information content (AvgIpc) is 2.47. The maximum absolute atomic E-state index is 9.76. The molecule has 2 heterocycles. The second kappa shape index (κ2) is 3.30. The van der Waals surface area contributed by atoms with E-state index in [4.69, 9.17) is 14.2 Å². The summed E-state index contributed by atoms with van der Waals surface area (Å²) in [6.07, 6.45) is -1.45. The van der Waals surface area contributed by atoms with Crippen LogP contribution in [-0.2, 0) is 14.2 Å². The summed E-state index contributed by atoms with van der Waals surface area (Å²) in [5.41, 5.74) is 0. The van der Waals surface area contributed by atoms with Crippen molar-refractivity contribution >= 4 is 22.6 Å². The number of rotatable bonds is 1. The number of aliphatic hydroxyl groups is 1. The fourth-order valence-electron chi connectivity index (χ4n) is 1.69. The second-order valence-corrected chi connectivity index (χ2v) is 4.67. The van der Waals surface area contributed by atoms with Crippen molar-refractivity contribution in [2.75, 3.05) is 4.43 Å². The van der Waals surface area contributed by atoms with Gasteiger partial charge in [-0.2, -0.15) is 0 Å². The van der Waals surface area contributed by atoms with E-state index >= 15 is 0 Å². The number of fused-ring (bicyclic) bond motifs is 1. The summed E-state index contributed by atoms with van der Waals surface area (Å²) >= 11 is 2.18. The van der Waals surface area contributed by atoms with Gasteiger partial charge in [0.15, 0.2) is 12.1 Å². The molecule has 4 nitrogen and oxygen atoms in total. The van der Waals surface area contributed by atoms with E-state index < -0.39 is 18.2 Å². The van der Waals surface area contributed by atoms with E-state index in [0.717, 1.165) is 4.43 Å². The van der Waals surface area contributed by atoms with Crippen molar-refractivity contribution in [2.24, 2.45) is 0 Å². The predicted octanol–water partition coefficient (Wildman–Crippen LogP) is 0.659. The molecule has 0 bridgehead atoms. The van der Waals surface area contributed by atoms with Crippen LogP contribution in [0.2, 0.25) is 0 Å². The molecule has 0 aromatic carbocycles. The minimum atomic E-state index is -0.632. The quantitative estimate of drug-likeness (QED) is 0.571. The molecule has 2 fully saturated rings. The number of alkyl halides is 1. The molecule has 2 aliphatic heterocycles. The lowest BCUT2D eigenvalue weighted by Gasteiger charge is -2.21. The summed E-state index contributed by atoms with van der Waals surface area (Å²) in [6.45, 7) is 3.64. The Balaban J connectivity index is 2.07. The lowest BCUT2D eigenvalue weighted by molar-refractivity contribution is -0.211. The standard InChI is InChI=1S/C8H13IO4/c1-8(2)12-6-5(10)4(3-9)11-7(6)13-8/h4-7,10H,3H2,1-2H3/t4-,5+,6-,7+/m0/s1. The zero-order valence-corrected chi connectivity index (χ0v) is 9.72. The molecule has 2 aliphatic rings. The van der Waals surface area contributed by atoms with Crippen molar-refractivity contribution in [3.05, 3.63) is 0 Å². The van der Waals surface area contributed by atoms with E-state index in [2.05, 4.69) is 22.6 Å². The Morgan fingerprint density at radius 3 is 2.62 bits per heavy atom. The van der Waals surface area contributed by atoms with Crippen LogP contribution >= 0.6 is 22.6 Å². The van der Waals surface area contributed by atoms with Gasteiger partial charge in [0.05, 0.1) is 6.10 Å². The van der Waals surface area contributed by atoms with Crippen LogP contribution in [0.3, 0.4) is 0 Å². The molecule has 0 unspecified atom stereocenters. The van der Waals surface area contributed by atoms with E-state index in [1.54, 1.807) is 0 Å². The first-order valence-electron chi connectivity index (χ1n) is 4.28. The Kier molecular flexibility index (Phi) is 2.57. The molecule has 0 saturated carbocycles. The number of ether oxygens (including phenoxy) is 3. The maximum Gasteiger partial charge on any atom is 0.190 e. The smallest absolute Gasteiger partial charge is 0.190 e. The summed E-state index contributed by atoms with van der Waals surface area (Å²) < 4.78 is 17.2. The molecule has 0 aromatic rings. The lowest BCUT2D eigenvalue weighted by atomic mass is 10.2. The van der Waals surface area contributed by atoms with Crippen LogP contribution in [0.4, 0.5) is 0 Å². The number of aliphatic hydroxyl groups excluding tert-OH is 1. The molecule has 0 aromatic heterocycles. The third kappa shape index (κ3) is 1.72. The van der Waals surface area contributed by atoms with Crippen LogP contribution in [0.5, 0.6) is 0 Å². The summed E-state index contributed by atoms with van der Waals surface area (Å²) in [5, 5.41) is 9.76. The first-order valence-corrected chi connectivity index (χ1v) is 5.81. The molecular weight excluding hydrogens is 287 g/mol. The number of hydrogen-bond donors (Lipinski definition) is 1. The SMILES string of the molecule is CC1(C)O[C@H]2O[C@@H](CI)[C@@H](O)[C@@H]2O1. The van der Waals surface area contributed by atoms with Crippen molar-refractivity contribution in [3.63, 3.8) is 0 Å². The summed E-state index contributed by atoms with van der Waals surface area (Å²) in [6, 6.07) is 0. The molecule has 0 amide bonds. The van der Waals surface area contributed by atoms with Crippen molar-refractivity contribution < 1.29 is 19.3 Å². The van der Waals surface area contributed by atoms with Crippen LogP contribution in [0.25, 0.3) is 0 Å². The molecule has 2 saturated heterocycles. The van der Waals surface area contributed by atoms with Gasteiger partial charge in [0.25, 0.3) is 0 Å². The first kappa shape index (κ1) is 10.1. The third-order valence-corrected chi connectivity index (χ3v) is 3.13.